The summed E-state index contributed by atoms with van der Waals surface area (Å²) in [5.74, 6) is -1.09. The normalized spacial score (nSPS) is 18.4. The molecule has 2 unspecified atom stereocenters. The van der Waals surface area contributed by atoms with Crippen molar-refractivity contribution in [3.05, 3.63) is 105 Å². The first-order valence-electron chi connectivity index (χ1n) is 13.3. The van der Waals surface area contributed by atoms with E-state index in [1.165, 1.54) is 24.3 Å². The number of likely N-dealkylation sites (tertiary alicyclic amines) is 2. The third-order valence-electron chi connectivity index (χ3n) is 7.93. The van der Waals surface area contributed by atoms with Gasteiger partial charge in [0.15, 0.2) is 0 Å². The number of halogens is 4. The fraction of sp³-hybridized carbons (Fsp3) is 0.267. The number of hydrogen-bond acceptors (Lipinski definition) is 4. The van der Waals surface area contributed by atoms with Crippen LogP contribution in [0.2, 0.25) is 0 Å². The third kappa shape index (κ3) is 5.31. The molecule has 2 aliphatic heterocycles. The van der Waals surface area contributed by atoms with Crippen molar-refractivity contribution in [3.8, 4) is 0 Å². The average molecular weight is 580 g/mol. The predicted octanol–water partition coefficient (Wildman–Crippen LogP) is 4.91. The van der Waals surface area contributed by atoms with Crippen LogP contribution in [0.25, 0.3) is 10.8 Å². The number of nitrogens with one attached hydrogen (secondary N) is 2. The fourth-order valence-corrected chi connectivity index (χ4v) is 5.79. The van der Waals surface area contributed by atoms with Gasteiger partial charge in [-0.1, -0.05) is 24.3 Å². The molecule has 42 heavy (non-hydrogen) atoms. The molecule has 216 valence electrons. The zero-order chi connectivity index (χ0) is 29.6. The second-order valence-corrected chi connectivity index (χ2v) is 10.7. The summed E-state index contributed by atoms with van der Waals surface area (Å²) in [7, 11) is 0. The zero-order valence-electron chi connectivity index (χ0n) is 22.1. The van der Waals surface area contributed by atoms with Crippen LogP contribution in [0.1, 0.15) is 27.2 Å². The van der Waals surface area contributed by atoms with Crippen LogP contribution in [0.3, 0.4) is 0 Å². The lowest BCUT2D eigenvalue weighted by molar-refractivity contribution is -0.137. The third-order valence-corrected chi connectivity index (χ3v) is 7.93. The topological polar surface area (TPSA) is 98.4 Å². The minimum atomic E-state index is -4.46. The molecule has 4 aromatic rings. The van der Waals surface area contributed by atoms with E-state index < -0.39 is 29.5 Å². The number of carbonyl (C=O) groups is 2. The van der Waals surface area contributed by atoms with Crippen molar-refractivity contribution in [2.75, 3.05) is 31.5 Å². The molecule has 3 amide bonds. The van der Waals surface area contributed by atoms with E-state index in [9.17, 15) is 31.9 Å². The molecule has 12 heteroatoms. The highest BCUT2D eigenvalue weighted by Gasteiger charge is 2.43. The number of benzene rings is 3. The van der Waals surface area contributed by atoms with Crippen LogP contribution in [0, 0.1) is 17.7 Å². The van der Waals surface area contributed by atoms with Gasteiger partial charge in [0.2, 0.25) is 0 Å². The van der Waals surface area contributed by atoms with Crippen LogP contribution in [0.4, 0.5) is 28.0 Å². The van der Waals surface area contributed by atoms with Crippen molar-refractivity contribution in [2.24, 2.45) is 11.8 Å². The van der Waals surface area contributed by atoms with E-state index in [0.717, 1.165) is 12.1 Å². The SMILES string of the molecule is O=C(Nc1ccc(C(F)(F)F)cc1)N1CC2CN(C(=O)c3cc(Cc4n[nH]c(=O)c5ccccc45)ccc3F)CC2C1. The van der Waals surface area contributed by atoms with Gasteiger partial charge in [-0.25, -0.2) is 14.3 Å². The van der Waals surface area contributed by atoms with Gasteiger partial charge in [0, 0.05) is 55.5 Å². The number of rotatable bonds is 4. The molecule has 8 nitrogen and oxygen atoms in total. The van der Waals surface area contributed by atoms with E-state index in [0.29, 0.717) is 48.2 Å². The molecule has 2 saturated heterocycles. The van der Waals surface area contributed by atoms with Gasteiger partial charge >= 0.3 is 12.2 Å². The number of fused-ring (bicyclic) bond motifs is 2. The minimum Gasteiger partial charge on any atom is -0.338 e. The Morgan fingerprint density at radius 1 is 0.905 bits per heavy atom. The molecule has 3 aromatic carbocycles. The lowest BCUT2D eigenvalue weighted by atomic mass is 10.0. The smallest absolute Gasteiger partial charge is 0.338 e. The maximum Gasteiger partial charge on any atom is 0.416 e. The predicted molar refractivity (Wildman–Crippen MR) is 146 cm³/mol. The first-order valence-corrected chi connectivity index (χ1v) is 13.3. The molecule has 0 saturated carbocycles. The van der Waals surface area contributed by atoms with Gasteiger partial charge in [0.05, 0.1) is 22.2 Å². The molecule has 2 atom stereocenters. The molecular formula is C30H25F4N5O3. The Morgan fingerprint density at radius 2 is 1.55 bits per heavy atom. The molecule has 0 spiro atoms. The first kappa shape index (κ1) is 27.4. The molecule has 1 aromatic heterocycles. The van der Waals surface area contributed by atoms with Crippen LogP contribution >= 0.6 is 0 Å². The number of anilines is 1. The number of alkyl halides is 3. The summed E-state index contributed by atoms with van der Waals surface area (Å²) in [6, 6.07) is 15.2. The van der Waals surface area contributed by atoms with Crippen LogP contribution in [-0.2, 0) is 12.6 Å². The van der Waals surface area contributed by atoms with Crippen molar-refractivity contribution in [1.82, 2.24) is 20.0 Å². The minimum absolute atomic E-state index is 0.00439. The highest BCUT2D eigenvalue weighted by atomic mass is 19.4. The fourth-order valence-electron chi connectivity index (χ4n) is 5.79. The van der Waals surface area contributed by atoms with Crippen LogP contribution in [-0.4, -0.2) is 58.1 Å². The molecule has 0 radical (unpaired) electrons. The zero-order valence-corrected chi connectivity index (χ0v) is 22.1. The Hall–Kier alpha value is -4.74. The Balaban J connectivity index is 1.10. The number of aromatic nitrogens is 2. The summed E-state index contributed by atoms with van der Waals surface area (Å²) in [5.41, 5.74) is 0.347. The number of carbonyl (C=O) groups excluding carboxylic acids is 2. The number of aromatic amines is 1. The maximum atomic E-state index is 14.8. The highest BCUT2D eigenvalue weighted by Crippen LogP contribution is 2.33. The van der Waals surface area contributed by atoms with E-state index in [2.05, 4.69) is 15.5 Å². The van der Waals surface area contributed by atoms with Gasteiger partial charge in [-0.2, -0.15) is 18.3 Å². The second-order valence-electron chi connectivity index (χ2n) is 10.7. The Labute approximate surface area is 236 Å². The lowest BCUT2D eigenvalue weighted by Crippen LogP contribution is -2.37. The summed E-state index contributed by atoms with van der Waals surface area (Å²) >= 11 is 0. The highest BCUT2D eigenvalue weighted by molar-refractivity contribution is 5.95. The summed E-state index contributed by atoms with van der Waals surface area (Å²) in [6.45, 7) is 1.44. The van der Waals surface area contributed by atoms with Crippen molar-refractivity contribution >= 4 is 28.4 Å². The van der Waals surface area contributed by atoms with Gasteiger partial charge in [0.25, 0.3) is 11.5 Å². The number of nitrogens with zero attached hydrogens (tertiary/aromatic N) is 3. The largest absolute Gasteiger partial charge is 0.416 e. The molecule has 3 heterocycles. The average Bonchev–Trinajstić information content (AvgIpc) is 3.55. The first-order chi connectivity index (χ1) is 20.1. The summed E-state index contributed by atoms with van der Waals surface area (Å²) < 4.78 is 53.2. The Kier molecular flexibility index (Phi) is 6.91. The van der Waals surface area contributed by atoms with Crippen LogP contribution in [0.5, 0.6) is 0 Å². The van der Waals surface area contributed by atoms with Crippen molar-refractivity contribution < 1.29 is 27.2 Å². The molecule has 0 aliphatic carbocycles. The van der Waals surface area contributed by atoms with E-state index >= 15 is 0 Å². The van der Waals surface area contributed by atoms with Crippen LogP contribution < -0.4 is 10.9 Å². The maximum absolute atomic E-state index is 14.8. The monoisotopic (exact) mass is 579 g/mol. The number of hydrogen-bond donors (Lipinski definition) is 2. The molecule has 2 fully saturated rings. The van der Waals surface area contributed by atoms with E-state index in [1.807, 2.05) is 0 Å². The van der Waals surface area contributed by atoms with Crippen molar-refractivity contribution in [2.45, 2.75) is 12.6 Å². The molecule has 2 N–H and O–H groups in total. The van der Waals surface area contributed by atoms with Gasteiger partial charge in [-0.05, 0) is 48.0 Å². The van der Waals surface area contributed by atoms with E-state index in [4.69, 9.17) is 0 Å². The number of H-pyrrole nitrogens is 1. The second kappa shape index (κ2) is 10.6. The Bertz CT molecular complexity index is 1720. The van der Waals surface area contributed by atoms with Crippen LogP contribution in [0.15, 0.2) is 71.5 Å². The van der Waals surface area contributed by atoms with Crippen molar-refractivity contribution in [3.63, 3.8) is 0 Å². The summed E-state index contributed by atoms with van der Waals surface area (Å²) in [4.78, 5) is 41.4. The van der Waals surface area contributed by atoms with Crippen molar-refractivity contribution in [1.29, 1.82) is 0 Å². The molecule has 2 aliphatic rings. The number of urea groups is 1. The number of amides is 3. The molecule has 0 bridgehead atoms. The molecule has 6 rings (SSSR count). The standard InChI is InChI=1S/C30H25F4N5O3/c31-25-10-5-17(12-26-22-3-1-2-4-23(22)27(40)37-36-26)11-24(25)28(41)38-13-18-15-39(16-19(18)14-38)29(42)35-21-8-6-20(7-9-21)30(32,33)34/h1-11,18-19H,12-16H2,(H,35,42)(H,37,40). The van der Waals surface area contributed by atoms with E-state index in [1.54, 1.807) is 40.1 Å². The van der Waals surface area contributed by atoms with E-state index in [-0.39, 0.29) is 35.1 Å². The van der Waals surface area contributed by atoms with Gasteiger partial charge in [-0.15, -0.1) is 0 Å². The van der Waals surface area contributed by atoms with Gasteiger partial charge in [-0.3, -0.25) is 9.59 Å². The van der Waals surface area contributed by atoms with Gasteiger partial charge in [0.1, 0.15) is 5.82 Å². The quantitative estimate of drug-likeness (QED) is 0.336. The lowest BCUT2D eigenvalue weighted by Gasteiger charge is -2.22. The Morgan fingerprint density at radius 3 is 2.21 bits per heavy atom. The molecular weight excluding hydrogens is 554 g/mol. The summed E-state index contributed by atoms with van der Waals surface area (Å²) in [5, 5.41) is 10.4. The van der Waals surface area contributed by atoms with Gasteiger partial charge < -0.3 is 15.1 Å². The summed E-state index contributed by atoms with van der Waals surface area (Å²) in [6.07, 6.45) is -4.18.